The number of hydrogen-bond donors (Lipinski definition) is 0. The van der Waals surface area contributed by atoms with Crippen molar-refractivity contribution < 1.29 is 18.0 Å². The minimum Gasteiger partial charge on any atom is -0.297 e. The first-order valence-electron chi connectivity index (χ1n) is 7.50. The van der Waals surface area contributed by atoms with Crippen LogP contribution in [0.15, 0.2) is 22.7 Å². The summed E-state index contributed by atoms with van der Waals surface area (Å²) in [7, 11) is -3.91. The van der Waals surface area contributed by atoms with Gasteiger partial charge in [0.05, 0.1) is 0 Å². The van der Waals surface area contributed by atoms with Crippen LogP contribution in [-0.4, -0.2) is 29.5 Å². The Morgan fingerprint density at radius 2 is 1.52 bits per heavy atom. The topological polar surface area (TPSA) is 68.3 Å². The van der Waals surface area contributed by atoms with E-state index in [-0.39, 0.29) is 0 Å². The van der Waals surface area contributed by atoms with E-state index in [0.29, 0.717) is 12.0 Å². The molecule has 1 aliphatic heterocycles. The van der Waals surface area contributed by atoms with Crippen molar-refractivity contribution >= 4 is 37.3 Å². The molecule has 126 valence electrons. The molecular formula is C17H21BrO4S. The third-order valence-electron chi connectivity index (χ3n) is 4.85. The van der Waals surface area contributed by atoms with Crippen LogP contribution >= 0.6 is 15.9 Å². The van der Waals surface area contributed by atoms with Crippen LogP contribution in [0.5, 0.6) is 0 Å². The predicted molar refractivity (Wildman–Crippen MR) is 93.4 cm³/mol. The SMILES string of the molecule is CCc1cc(Br)ccc1C1C(=O)C(C)(C)S(=O)(=O)C(C)(C)C1=O. The van der Waals surface area contributed by atoms with E-state index in [2.05, 4.69) is 15.9 Å². The number of sulfone groups is 1. The summed E-state index contributed by atoms with van der Waals surface area (Å²) in [6.45, 7) is 7.54. The van der Waals surface area contributed by atoms with Crippen molar-refractivity contribution in [2.75, 3.05) is 0 Å². The molecule has 1 aromatic carbocycles. The Labute approximate surface area is 145 Å². The summed E-state index contributed by atoms with van der Waals surface area (Å²) in [5.74, 6) is -2.12. The van der Waals surface area contributed by atoms with E-state index in [4.69, 9.17) is 0 Å². The second-order valence-corrected chi connectivity index (χ2v) is 10.8. The molecule has 0 amide bonds. The van der Waals surface area contributed by atoms with Gasteiger partial charge in [-0.3, -0.25) is 9.59 Å². The van der Waals surface area contributed by atoms with E-state index in [1.807, 2.05) is 13.0 Å². The fraction of sp³-hybridized carbons (Fsp3) is 0.529. The average Bonchev–Trinajstić information content (AvgIpc) is 2.46. The van der Waals surface area contributed by atoms with Crippen molar-refractivity contribution in [3.05, 3.63) is 33.8 Å². The van der Waals surface area contributed by atoms with Crippen molar-refractivity contribution in [2.45, 2.75) is 56.5 Å². The third-order valence-corrected chi connectivity index (χ3v) is 8.43. The van der Waals surface area contributed by atoms with Crippen molar-refractivity contribution in [3.8, 4) is 0 Å². The van der Waals surface area contributed by atoms with Crippen LogP contribution in [0.4, 0.5) is 0 Å². The van der Waals surface area contributed by atoms with Crippen LogP contribution < -0.4 is 0 Å². The smallest absolute Gasteiger partial charge is 0.174 e. The molecule has 0 atom stereocenters. The number of aryl methyl sites for hydroxylation is 1. The van der Waals surface area contributed by atoms with Gasteiger partial charge in [-0.15, -0.1) is 0 Å². The highest BCUT2D eigenvalue weighted by Gasteiger charge is 2.63. The van der Waals surface area contributed by atoms with Gasteiger partial charge in [0.25, 0.3) is 0 Å². The van der Waals surface area contributed by atoms with Gasteiger partial charge < -0.3 is 0 Å². The van der Waals surface area contributed by atoms with Crippen LogP contribution in [-0.2, 0) is 25.8 Å². The van der Waals surface area contributed by atoms with E-state index in [1.165, 1.54) is 27.7 Å². The normalized spacial score (nSPS) is 23.0. The lowest BCUT2D eigenvalue weighted by Gasteiger charge is -2.42. The van der Waals surface area contributed by atoms with Gasteiger partial charge in [-0.25, -0.2) is 8.42 Å². The van der Waals surface area contributed by atoms with Gasteiger partial charge in [0, 0.05) is 4.47 Å². The highest BCUT2D eigenvalue weighted by Crippen LogP contribution is 2.44. The third kappa shape index (κ3) is 2.41. The number of hydrogen-bond acceptors (Lipinski definition) is 4. The fourth-order valence-corrected chi connectivity index (χ4v) is 5.61. The van der Waals surface area contributed by atoms with E-state index in [0.717, 1.165) is 10.0 Å². The summed E-state index contributed by atoms with van der Waals surface area (Å²) in [4.78, 5) is 25.8. The molecule has 0 saturated carbocycles. The van der Waals surface area contributed by atoms with E-state index >= 15 is 0 Å². The molecule has 0 N–H and O–H groups in total. The molecule has 2 rings (SSSR count). The van der Waals surface area contributed by atoms with Crippen LogP contribution in [0, 0.1) is 0 Å². The van der Waals surface area contributed by atoms with E-state index in [1.54, 1.807) is 12.1 Å². The number of ketones is 2. The van der Waals surface area contributed by atoms with Crippen molar-refractivity contribution in [2.24, 2.45) is 0 Å². The number of Topliss-reactive ketones (excluding diaryl/α,β-unsaturated/α-hetero) is 2. The van der Waals surface area contributed by atoms with Crippen LogP contribution in [0.3, 0.4) is 0 Å². The lowest BCUT2D eigenvalue weighted by atomic mass is 9.78. The highest BCUT2D eigenvalue weighted by molar-refractivity contribution is 9.10. The van der Waals surface area contributed by atoms with Crippen LogP contribution in [0.2, 0.25) is 0 Å². The summed E-state index contributed by atoms with van der Waals surface area (Å²) in [5, 5.41) is 0. The Bertz CT molecular complexity index is 757. The lowest BCUT2D eigenvalue weighted by molar-refractivity contribution is -0.132. The maximum atomic E-state index is 12.9. The summed E-state index contributed by atoms with van der Waals surface area (Å²) in [6, 6.07) is 5.39. The molecule has 1 heterocycles. The minimum absolute atomic E-state index is 0.543. The molecule has 0 aromatic heterocycles. The summed E-state index contributed by atoms with van der Waals surface area (Å²) < 4.78 is 23.1. The Balaban J connectivity index is 2.74. The first kappa shape index (κ1) is 18.3. The predicted octanol–water partition coefficient (Wildman–Crippen LogP) is 3.22. The fourth-order valence-electron chi connectivity index (χ4n) is 3.16. The molecule has 0 spiro atoms. The first-order valence-corrected chi connectivity index (χ1v) is 9.78. The van der Waals surface area contributed by atoms with Gasteiger partial charge in [0.15, 0.2) is 21.4 Å². The molecule has 6 heteroatoms. The standard InChI is InChI=1S/C17H21BrO4S/c1-6-10-9-11(18)7-8-12(10)13-14(19)16(2,3)23(21,22)17(4,5)15(13)20/h7-9,13H,6H2,1-5H3. The maximum Gasteiger partial charge on any atom is 0.174 e. The molecule has 4 nitrogen and oxygen atoms in total. The zero-order valence-electron chi connectivity index (χ0n) is 13.9. The van der Waals surface area contributed by atoms with Gasteiger partial charge >= 0.3 is 0 Å². The first-order chi connectivity index (χ1) is 10.4. The molecule has 1 aromatic rings. The Morgan fingerprint density at radius 1 is 1.04 bits per heavy atom. The second kappa shape index (κ2) is 5.52. The molecule has 1 aliphatic rings. The molecule has 1 saturated heterocycles. The summed E-state index contributed by atoms with van der Waals surface area (Å²) >= 11 is 3.39. The number of halogens is 1. The Morgan fingerprint density at radius 3 is 1.96 bits per heavy atom. The monoisotopic (exact) mass is 400 g/mol. The molecular weight excluding hydrogens is 380 g/mol. The highest BCUT2D eigenvalue weighted by atomic mass is 79.9. The lowest BCUT2D eigenvalue weighted by Crippen LogP contribution is -2.63. The average molecular weight is 401 g/mol. The molecule has 0 aliphatic carbocycles. The molecule has 1 fully saturated rings. The summed E-state index contributed by atoms with van der Waals surface area (Å²) in [5.41, 5.74) is 1.48. The summed E-state index contributed by atoms with van der Waals surface area (Å²) in [6.07, 6.45) is 0.652. The van der Waals surface area contributed by atoms with E-state index in [9.17, 15) is 18.0 Å². The van der Waals surface area contributed by atoms with Gasteiger partial charge in [0.2, 0.25) is 0 Å². The van der Waals surface area contributed by atoms with Crippen molar-refractivity contribution in [1.29, 1.82) is 0 Å². The van der Waals surface area contributed by atoms with E-state index < -0.39 is 36.8 Å². The molecule has 0 unspecified atom stereocenters. The number of carbonyl (C=O) groups is 2. The number of carbonyl (C=O) groups excluding carboxylic acids is 2. The van der Waals surface area contributed by atoms with Gasteiger partial charge in [-0.2, -0.15) is 0 Å². The number of benzene rings is 1. The molecule has 23 heavy (non-hydrogen) atoms. The van der Waals surface area contributed by atoms with Gasteiger partial charge in [0.1, 0.15) is 15.4 Å². The minimum atomic E-state index is -3.91. The Hall–Kier alpha value is -1.01. The maximum absolute atomic E-state index is 12.9. The second-order valence-electron chi connectivity index (χ2n) is 6.88. The Kier molecular flexibility index (Phi) is 4.40. The largest absolute Gasteiger partial charge is 0.297 e. The zero-order chi connectivity index (χ0) is 17.8. The van der Waals surface area contributed by atoms with Crippen molar-refractivity contribution in [3.63, 3.8) is 0 Å². The van der Waals surface area contributed by atoms with Gasteiger partial charge in [-0.05, 0) is 57.4 Å². The van der Waals surface area contributed by atoms with Crippen molar-refractivity contribution in [1.82, 2.24) is 0 Å². The molecule has 0 bridgehead atoms. The number of rotatable bonds is 2. The zero-order valence-corrected chi connectivity index (χ0v) is 16.3. The van der Waals surface area contributed by atoms with Crippen LogP contribution in [0.25, 0.3) is 0 Å². The van der Waals surface area contributed by atoms with Gasteiger partial charge in [-0.1, -0.05) is 28.9 Å². The molecule has 0 radical (unpaired) electrons. The quantitative estimate of drug-likeness (QED) is 0.714. The van der Waals surface area contributed by atoms with Crippen LogP contribution in [0.1, 0.15) is 51.7 Å².